The van der Waals surface area contributed by atoms with Gasteiger partial charge in [0.25, 0.3) is 0 Å². The van der Waals surface area contributed by atoms with Crippen molar-refractivity contribution in [1.29, 1.82) is 5.26 Å². The molecule has 2 aromatic carbocycles. The number of fused-ring (bicyclic) bond motifs is 1. The van der Waals surface area contributed by atoms with Crippen molar-refractivity contribution in [3.8, 4) is 28.8 Å². The van der Waals surface area contributed by atoms with E-state index in [0.717, 1.165) is 34.9 Å². The predicted octanol–water partition coefficient (Wildman–Crippen LogP) is 4.44. The van der Waals surface area contributed by atoms with Crippen molar-refractivity contribution < 1.29 is 13.9 Å². The molecule has 0 radical (unpaired) electrons. The first-order valence-corrected chi connectivity index (χ1v) is 9.36. The van der Waals surface area contributed by atoms with Gasteiger partial charge in [0.1, 0.15) is 28.9 Å². The molecule has 0 fully saturated rings. The van der Waals surface area contributed by atoms with Gasteiger partial charge in [-0.25, -0.2) is 14.4 Å². The van der Waals surface area contributed by atoms with E-state index in [9.17, 15) is 4.39 Å². The molecule has 4 rings (SSSR count). The van der Waals surface area contributed by atoms with Gasteiger partial charge in [-0.2, -0.15) is 5.26 Å². The second-order valence-corrected chi connectivity index (χ2v) is 6.81. The van der Waals surface area contributed by atoms with Crippen LogP contribution in [0.2, 0.25) is 0 Å². The molecule has 1 N–H and O–H groups in total. The number of ether oxygens (including phenoxy) is 2. The van der Waals surface area contributed by atoms with Crippen LogP contribution in [-0.2, 0) is 12.8 Å². The summed E-state index contributed by atoms with van der Waals surface area (Å²) in [5, 5.41) is 9.04. The zero-order chi connectivity index (χ0) is 21.1. The number of hydrogen-bond donors (Lipinski definition) is 1. The van der Waals surface area contributed by atoms with Gasteiger partial charge < -0.3 is 14.5 Å². The van der Waals surface area contributed by atoms with E-state index in [0.29, 0.717) is 23.1 Å². The zero-order valence-electron chi connectivity index (χ0n) is 16.6. The Hall–Kier alpha value is -3.92. The monoisotopic (exact) mass is 402 g/mol. The number of methoxy groups -OCH3 is 2. The number of nitrogens with one attached hydrogen (secondary N) is 1. The quantitative estimate of drug-likeness (QED) is 0.516. The maximum atomic E-state index is 13.6. The lowest BCUT2D eigenvalue weighted by Crippen LogP contribution is -1.97. The van der Waals surface area contributed by atoms with E-state index < -0.39 is 5.82 Å². The lowest BCUT2D eigenvalue weighted by atomic mass is 10.1. The van der Waals surface area contributed by atoms with Crippen molar-refractivity contribution in [2.24, 2.45) is 0 Å². The molecule has 6 nitrogen and oxygen atoms in total. The van der Waals surface area contributed by atoms with Crippen molar-refractivity contribution >= 4 is 11.2 Å². The number of H-pyrrole nitrogens is 1. The minimum Gasteiger partial charge on any atom is -0.497 e. The van der Waals surface area contributed by atoms with Crippen LogP contribution in [0, 0.1) is 17.1 Å². The van der Waals surface area contributed by atoms with Crippen molar-refractivity contribution in [3.05, 3.63) is 71.3 Å². The molecule has 2 heterocycles. The van der Waals surface area contributed by atoms with Gasteiger partial charge in [0, 0.05) is 11.8 Å². The van der Waals surface area contributed by atoms with Crippen LogP contribution in [0.4, 0.5) is 4.39 Å². The maximum Gasteiger partial charge on any atom is 0.156 e. The highest BCUT2D eigenvalue weighted by atomic mass is 19.1. The Morgan fingerprint density at radius 3 is 2.50 bits per heavy atom. The van der Waals surface area contributed by atoms with E-state index in [-0.39, 0.29) is 5.56 Å². The molecule has 2 aromatic heterocycles. The van der Waals surface area contributed by atoms with Crippen molar-refractivity contribution in [2.45, 2.75) is 12.8 Å². The summed E-state index contributed by atoms with van der Waals surface area (Å²) in [6.07, 6.45) is 3.20. The van der Waals surface area contributed by atoms with E-state index in [1.54, 1.807) is 26.5 Å². The summed E-state index contributed by atoms with van der Waals surface area (Å²) in [6, 6.07) is 13.9. The van der Waals surface area contributed by atoms with Crippen molar-refractivity contribution in [1.82, 2.24) is 15.0 Å². The third kappa shape index (κ3) is 3.94. The summed E-state index contributed by atoms with van der Waals surface area (Å²) in [4.78, 5) is 12.3. The Kier molecular flexibility index (Phi) is 5.31. The number of aryl methyl sites for hydroxylation is 2. The van der Waals surface area contributed by atoms with Gasteiger partial charge in [0.05, 0.1) is 31.7 Å². The number of nitriles is 1. The first kappa shape index (κ1) is 19.4. The molecule has 0 aliphatic rings. The smallest absolute Gasteiger partial charge is 0.156 e. The van der Waals surface area contributed by atoms with E-state index in [2.05, 4.69) is 15.0 Å². The molecular weight excluding hydrogens is 383 g/mol. The molecule has 0 aliphatic heterocycles. The molecule has 150 valence electrons. The number of aromatic amines is 1. The molecule has 0 aliphatic carbocycles. The first-order valence-electron chi connectivity index (χ1n) is 9.36. The number of benzene rings is 2. The summed E-state index contributed by atoms with van der Waals surface area (Å²) in [5.41, 5.74) is 4.73. The van der Waals surface area contributed by atoms with Crippen LogP contribution in [0.1, 0.15) is 16.8 Å². The minimum absolute atomic E-state index is 0.00137. The van der Waals surface area contributed by atoms with E-state index in [4.69, 9.17) is 14.7 Å². The average Bonchev–Trinajstić information content (AvgIpc) is 3.21. The van der Waals surface area contributed by atoms with Crippen LogP contribution in [0.5, 0.6) is 11.5 Å². The summed E-state index contributed by atoms with van der Waals surface area (Å²) in [5.74, 6) is 0.958. The van der Waals surface area contributed by atoms with Gasteiger partial charge in [-0.15, -0.1) is 0 Å². The number of nitrogens with zero attached hydrogens (tertiary/aromatic N) is 3. The van der Waals surface area contributed by atoms with Crippen LogP contribution in [0.3, 0.4) is 0 Å². The molecule has 0 saturated heterocycles. The number of hydrogen-bond acceptors (Lipinski definition) is 5. The third-order valence-electron chi connectivity index (χ3n) is 4.86. The summed E-state index contributed by atoms with van der Waals surface area (Å²) < 4.78 is 24.2. The SMILES string of the molecule is COc1cc(CCc2cnc3[nH]c(-c4ccc(F)c(C#N)c4)cc3n2)cc(OC)c1. The van der Waals surface area contributed by atoms with Crippen LogP contribution in [0.25, 0.3) is 22.4 Å². The number of aromatic nitrogens is 3. The number of halogens is 1. The highest BCUT2D eigenvalue weighted by Crippen LogP contribution is 2.25. The second-order valence-electron chi connectivity index (χ2n) is 6.81. The van der Waals surface area contributed by atoms with E-state index in [1.165, 1.54) is 12.1 Å². The number of rotatable bonds is 6. The van der Waals surface area contributed by atoms with E-state index >= 15 is 0 Å². The Morgan fingerprint density at radius 1 is 1.03 bits per heavy atom. The minimum atomic E-state index is -0.537. The van der Waals surface area contributed by atoms with Gasteiger partial charge in [-0.05, 0) is 60.4 Å². The van der Waals surface area contributed by atoms with Crippen LogP contribution >= 0.6 is 0 Å². The molecule has 7 heteroatoms. The molecule has 0 spiro atoms. The normalized spacial score (nSPS) is 10.7. The zero-order valence-corrected chi connectivity index (χ0v) is 16.6. The molecule has 4 aromatic rings. The van der Waals surface area contributed by atoms with Crippen molar-refractivity contribution in [3.63, 3.8) is 0 Å². The fourth-order valence-corrected chi connectivity index (χ4v) is 3.28. The molecule has 0 bridgehead atoms. The largest absolute Gasteiger partial charge is 0.497 e. The van der Waals surface area contributed by atoms with Gasteiger partial charge in [-0.3, -0.25) is 0 Å². The first-order chi connectivity index (χ1) is 14.6. The predicted molar refractivity (Wildman–Crippen MR) is 111 cm³/mol. The fourth-order valence-electron chi connectivity index (χ4n) is 3.28. The highest BCUT2D eigenvalue weighted by molar-refractivity contribution is 5.80. The van der Waals surface area contributed by atoms with Gasteiger partial charge in [-0.1, -0.05) is 0 Å². The molecule has 0 unspecified atom stereocenters. The summed E-state index contributed by atoms with van der Waals surface area (Å²) in [6.45, 7) is 0. The molecule has 0 saturated carbocycles. The second kappa shape index (κ2) is 8.21. The lowest BCUT2D eigenvalue weighted by Gasteiger charge is -2.08. The Morgan fingerprint density at radius 2 is 1.80 bits per heavy atom. The Labute approximate surface area is 172 Å². The topological polar surface area (TPSA) is 83.8 Å². The molecule has 0 atom stereocenters. The Bertz CT molecular complexity index is 1240. The summed E-state index contributed by atoms with van der Waals surface area (Å²) in [7, 11) is 3.25. The van der Waals surface area contributed by atoms with Crippen molar-refractivity contribution in [2.75, 3.05) is 14.2 Å². The van der Waals surface area contributed by atoms with Crippen LogP contribution in [-0.4, -0.2) is 29.2 Å². The van der Waals surface area contributed by atoms with Crippen LogP contribution in [0.15, 0.2) is 48.7 Å². The van der Waals surface area contributed by atoms with Gasteiger partial charge >= 0.3 is 0 Å². The molecule has 30 heavy (non-hydrogen) atoms. The highest BCUT2D eigenvalue weighted by Gasteiger charge is 2.10. The molecule has 0 amide bonds. The third-order valence-corrected chi connectivity index (χ3v) is 4.86. The Balaban J connectivity index is 1.57. The lowest BCUT2D eigenvalue weighted by molar-refractivity contribution is 0.393. The molecular formula is C23H19FN4O2. The maximum absolute atomic E-state index is 13.6. The fraction of sp³-hybridized carbons (Fsp3) is 0.174. The summed E-state index contributed by atoms with van der Waals surface area (Å²) >= 11 is 0. The van der Waals surface area contributed by atoms with Crippen LogP contribution < -0.4 is 9.47 Å². The van der Waals surface area contributed by atoms with Gasteiger partial charge in [0.2, 0.25) is 0 Å². The standard InChI is InChI=1S/C23H19FN4O2/c1-29-18-7-14(8-19(10-18)30-2)3-5-17-13-26-23-22(27-17)11-21(28-23)15-4-6-20(24)16(9-15)12-25/h4,6-11,13H,3,5H2,1-2H3,(H,26,28). The van der Waals surface area contributed by atoms with Gasteiger partial charge in [0.15, 0.2) is 5.65 Å². The van der Waals surface area contributed by atoms with E-state index in [1.807, 2.05) is 30.3 Å². The average molecular weight is 402 g/mol.